The van der Waals surface area contributed by atoms with Crippen molar-refractivity contribution in [2.24, 2.45) is 0 Å². The van der Waals surface area contributed by atoms with E-state index in [9.17, 15) is 0 Å². The fraction of sp³-hybridized carbons (Fsp3) is 0.238. The molecule has 0 radical (unpaired) electrons. The Morgan fingerprint density at radius 1 is 1.10 bits per heavy atom. The minimum absolute atomic E-state index is 0.485. The number of hydrogen-bond donors (Lipinski definition) is 0. The molecule has 0 nitrogen and oxygen atoms in total. The lowest BCUT2D eigenvalue weighted by Gasteiger charge is -2.25. The molecule has 21 heavy (non-hydrogen) atoms. The van der Waals surface area contributed by atoms with E-state index in [2.05, 4.69) is 75.1 Å². The van der Waals surface area contributed by atoms with Crippen molar-refractivity contribution in [1.82, 2.24) is 0 Å². The summed E-state index contributed by atoms with van der Waals surface area (Å²) < 4.78 is 0. The van der Waals surface area contributed by atoms with Gasteiger partial charge in [-0.3, -0.25) is 0 Å². The van der Waals surface area contributed by atoms with Gasteiger partial charge in [0.1, 0.15) is 0 Å². The van der Waals surface area contributed by atoms with Crippen LogP contribution in [-0.2, 0) is 0 Å². The molecule has 0 aromatic heterocycles. The van der Waals surface area contributed by atoms with Crippen LogP contribution in [0.2, 0.25) is 0 Å². The van der Waals surface area contributed by atoms with E-state index in [1.807, 2.05) is 0 Å². The van der Waals surface area contributed by atoms with E-state index >= 15 is 0 Å². The zero-order valence-corrected chi connectivity index (χ0v) is 12.9. The highest BCUT2D eigenvalue weighted by molar-refractivity contribution is 5.76. The van der Waals surface area contributed by atoms with Gasteiger partial charge in [0, 0.05) is 5.92 Å². The predicted octanol–water partition coefficient (Wildman–Crippen LogP) is 5.97. The van der Waals surface area contributed by atoms with Crippen LogP contribution in [0.4, 0.5) is 0 Å². The van der Waals surface area contributed by atoms with E-state index in [-0.39, 0.29) is 0 Å². The predicted molar refractivity (Wildman–Crippen MR) is 92.2 cm³/mol. The van der Waals surface area contributed by atoms with Crippen LogP contribution in [0.15, 0.2) is 77.9 Å². The van der Waals surface area contributed by atoms with E-state index in [1.165, 1.54) is 27.8 Å². The van der Waals surface area contributed by atoms with E-state index in [0.717, 1.165) is 18.4 Å². The molecule has 2 aliphatic rings. The second-order valence-corrected chi connectivity index (χ2v) is 5.99. The minimum Gasteiger partial charge on any atom is -0.0911 e. The Morgan fingerprint density at radius 2 is 1.90 bits per heavy atom. The standard InChI is InChI=1S/C21H22/c1-15-12-13-18-8-4-5-10-20(18)21-11-7-6-9-19(21)17(3)14-16(15)2/h4-9,11-12,14,20H,3,10,13H2,1-2H3/b15-12-,16-14-. The second kappa shape index (κ2) is 5.73. The van der Waals surface area contributed by atoms with Crippen LogP contribution in [0.3, 0.4) is 0 Å². The van der Waals surface area contributed by atoms with E-state index in [4.69, 9.17) is 0 Å². The Balaban J connectivity index is 2.19. The lowest BCUT2D eigenvalue weighted by Crippen LogP contribution is -2.08. The van der Waals surface area contributed by atoms with Crippen molar-refractivity contribution in [3.63, 3.8) is 0 Å². The maximum absolute atomic E-state index is 4.31. The molecule has 0 saturated carbocycles. The molecule has 106 valence electrons. The molecule has 0 saturated heterocycles. The molecular formula is C21H22. The summed E-state index contributed by atoms with van der Waals surface area (Å²) >= 11 is 0. The first-order chi connectivity index (χ1) is 10.2. The summed E-state index contributed by atoms with van der Waals surface area (Å²) in [7, 11) is 0. The first-order valence-corrected chi connectivity index (χ1v) is 7.66. The molecule has 0 amide bonds. The van der Waals surface area contributed by atoms with Gasteiger partial charge in [-0.2, -0.15) is 0 Å². The summed E-state index contributed by atoms with van der Waals surface area (Å²) in [5, 5.41) is 0. The summed E-state index contributed by atoms with van der Waals surface area (Å²) in [5.41, 5.74) is 7.98. The lowest BCUT2D eigenvalue weighted by atomic mass is 9.79. The Morgan fingerprint density at radius 3 is 2.76 bits per heavy atom. The highest BCUT2D eigenvalue weighted by Crippen LogP contribution is 2.38. The summed E-state index contributed by atoms with van der Waals surface area (Å²) in [5.74, 6) is 0.485. The topological polar surface area (TPSA) is 0 Å². The van der Waals surface area contributed by atoms with Gasteiger partial charge in [-0.25, -0.2) is 0 Å². The number of benzene rings is 1. The normalized spacial score (nSPS) is 26.7. The highest BCUT2D eigenvalue weighted by atomic mass is 14.2. The molecule has 0 aliphatic heterocycles. The number of allylic oxidation sites excluding steroid dienone is 9. The average molecular weight is 274 g/mol. The van der Waals surface area contributed by atoms with Gasteiger partial charge in [0.25, 0.3) is 0 Å². The number of rotatable bonds is 0. The Bertz CT molecular complexity index is 693. The maximum Gasteiger partial charge on any atom is 0.00951 e. The number of fused-ring (bicyclic) bond motifs is 3. The molecule has 1 atom stereocenters. The van der Waals surface area contributed by atoms with Gasteiger partial charge in [0.15, 0.2) is 0 Å². The second-order valence-electron chi connectivity index (χ2n) is 5.99. The SMILES string of the molecule is C=C1/C=C(C)\C(C)=C/CC2=CC=CCC2c2ccccc21. The minimum atomic E-state index is 0.485. The number of hydrogen-bond acceptors (Lipinski definition) is 0. The fourth-order valence-electron chi connectivity index (χ4n) is 3.19. The third-order valence-electron chi connectivity index (χ3n) is 4.60. The molecule has 3 rings (SSSR count). The Hall–Kier alpha value is -2.08. The molecule has 0 bridgehead atoms. The van der Waals surface area contributed by atoms with Crippen LogP contribution in [0.25, 0.3) is 5.57 Å². The Labute approximate surface area is 127 Å². The van der Waals surface area contributed by atoms with Gasteiger partial charge in [0.2, 0.25) is 0 Å². The van der Waals surface area contributed by atoms with Gasteiger partial charge in [-0.15, -0.1) is 0 Å². The van der Waals surface area contributed by atoms with Crippen LogP contribution in [0.1, 0.15) is 43.7 Å². The Kier molecular flexibility index (Phi) is 3.79. The molecule has 1 aromatic rings. The third kappa shape index (κ3) is 2.71. The molecule has 0 spiro atoms. The average Bonchev–Trinajstić information content (AvgIpc) is 2.52. The summed E-state index contributed by atoms with van der Waals surface area (Å²) in [6.07, 6.45) is 13.5. The van der Waals surface area contributed by atoms with Gasteiger partial charge >= 0.3 is 0 Å². The van der Waals surface area contributed by atoms with E-state index < -0.39 is 0 Å². The monoisotopic (exact) mass is 274 g/mol. The highest BCUT2D eigenvalue weighted by Gasteiger charge is 2.20. The van der Waals surface area contributed by atoms with Crippen molar-refractivity contribution in [1.29, 1.82) is 0 Å². The van der Waals surface area contributed by atoms with Crippen LogP contribution in [0.5, 0.6) is 0 Å². The molecule has 0 N–H and O–H groups in total. The molecule has 0 heteroatoms. The van der Waals surface area contributed by atoms with Crippen molar-refractivity contribution < 1.29 is 0 Å². The van der Waals surface area contributed by atoms with Crippen LogP contribution < -0.4 is 0 Å². The molecule has 1 unspecified atom stereocenters. The lowest BCUT2D eigenvalue weighted by molar-refractivity contribution is 0.772. The van der Waals surface area contributed by atoms with Crippen LogP contribution >= 0.6 is 0 Å². The van der Waals surface area contributed by atoms with Crippen molar-refractivity contribution in [2.75, 3.05) is 0 Å². The summed E-state index contributed by atoms with van der Waals surface area (Å²) in [6, 6.07) is 8.73. The summed E-state index contributed by atoms with van der Waals surface area (Å²) in [4.78, 5) is 0. The van der Waals surface area contributed by atoms with Crippen molar-refractivity contribution in [3.8, 4) is 0 Å². The van der Waals surface area contributed by atoms with Crippen molar-refractivity contribution >= 4 is 5.57 Å². The molecule has 0 heterocycles. The fourth-order valence-corrected chi connectivity index (χ4v) is 3.19. The smallest absolute Gasteiger partial charge is 0.00951 e. The van der Waals surface area contributed by atoms with Gasteiger partial charge in [-0.05, 0) is 49.0 Å². The van der Waals surface area contributed by atoms with Crippen LogP contribution in [0, 0.1) is 0 Å². The van der Waals surface area contributed by atoms with Gasteiger partial charge < -0.3 is 0 Å². The molecule has 0 fully saturated rings. The molecule has 1 aromatic carbocycles. The zero-order valence-electron chi connectivity index (χ0n) is 12.9. The first kappa shape index (κ1) is 13.9. The quantitative estimate of drug-likeness (QED) is 0.547. The third-order valence-corrected chi connectivity index (χ3v) is 4.60. The molecule has 2 aliphatic carbocycles. The summed E-state index contributed by atoms with van der Waals surface area (Å²) in [6.45, 7) is 8.68. The van der Waals surface area contributed by atoms with E-state index in [0.29, 0.717) is 5.92 Å². The molecular weight excluding hydrogens is 252 g/mol. The largest absolute Gasteiger partial charge is 0.0911 e. The van der Waals surface area contributed by atoms with Crippen LogP contribution in [-0.4, -0.2) is 0 Å². The van der Waals surface area contributed by atoms with Gasteiger partial charge in [0.05, 0.1) is 0 Å². The van der Waals surface area contributed by atoms with E-state index in [1.54, 1.807) is 0 Å². The maximum atomic E-state index is 4.31. The van der Waals surface area contributed by atoms with Gasteiger partial charge in [-0.1, -0.05) is 72.4 Å². The first-order valence-electron chi connectivity index (χ1n) is 7.66. The van der Waals surface area contributed by atoms with Crippen molar-refractivity contribution in [3.05, 3.63) is 89.1 Å². The van der Waals surface area contributed by atoms with Crippen molar-refractivity contribution in [2.45, 2.75) is 32.6 Å². The zero-order chi connectivity index (χ0) is 14.8.